The maximum Gasteiger partial charge on any atom is 0.341 e. The summed E-state index contributed by atoms with van der Waals surface area (Å²) in [4.78, 5) is 27.1. The van der Waals surface area contributed by atoms with Crippen molar-refractivity contribution in [1.29, 1.82) is 0 Å². The summed E-state index contributed by atoms with van der Waals surface area (Å²) in [5, 5.41) is 8.15. The van der Waals surface area contributed by atoms with Crippen LogP contribution in [0.25, 0.3) is 0 Å². The third kappa shape index (κ3) is 4.80. The van der Waals surface area contributed by atoms with Gasteiger partial charge in [-0.25, -0.2) is 4.79 Å². The Morgan fingerprint density at radius 1 is 1.27 bits per heavy atom. The zero-order chi connectivity index (χ0) is 22.0. The van der Waals surface area contributed by atoms with Crippen LogP contribution in [0.1, 0.15) is 72.2 Å². The number of halogens is 1. The van der Waals surface area contributed by atoms with E-state index in [0.29, 0.717) is 17.1 Å². The summed E-state index contributed by atoms with van der Waals surface area (Å²) in [5.74, 6) is -0.739. The van der Waals surface area contributed by atoms with Crippen molar-refractivity contribution >= 4 is 44.1 Å². The van der Waals surface area contributed by atoms with Crippen molar-refractivity contribution in [3.63, 3.8) is 0 Å². The van der Waals surface area contributed by atoms with Gasteiger partial charge < -0.3 is 10.1 Å². The van der Waals surface area contributed by atoms with Crippen LogP contribution in [0.2, 0.25) is 0 Å². The number of aryl methyl sites for hydroxylation is 2. The van der Waals surface area contributed by atoms with E-state index >= 15 is 0 Å². The molecule has 6 nitrogen and oxygen atoms in total. The van der Waals surface area contributed by atoms with E-state index in [1.165, 1.54) is 16.2 Å². The second-order valence-electron chi connectivity index (χ2n) is 8.10. The minimum atomic E-state index is -0.325. The second-order valence-corrected chi connectivity index (χ2v) is 9.99. The Balaban J connectivity index is 1.80. The quantitative estimate of drug-likeness (QED) is 0.519. The predicted octanol–water partition coefficient (Wildman–Crippen LogP) is 5.43. The summed E-state index contributed by atoms with van der Waals surface area (Å²) in [7, 11) is 0. The van der Waals surface area contributed by atoms with Crippen molar-refractivity contribution in [2.24, 2.45) is 5.92 Å². The number of nitrogens with one attached hydrogen (secondary N) is 1. The summed E-state index contributed by atoms with van der Waals surface area (Å²) in [5.41, 5.74) is 3.52. The highest BCUT2D eigenvalue weighted by molar-refractivity contribution is 9.10. The number of nitrogens with zero attached hydrogens (tertiary/aromatic N) is 2. The van der Waals surface area contributed by atoms with Crippen molar-refractivity contribution in [2.45, 2.75) is 79.4 Å². The van der Waals surface area contributed by atoms with Crippen LogP contribution in [-0.4, -0.2) is 27.8 Å². The Morgan fingerprint density at radius 3 is 2.60 bits per heavy atom. The molecule has 164 valence electrons. The summed E-state index contributed by atoms with van der Waals surface area (Å²) >= 11 is 5.05. The summed E-state index contributed by atoms with van der Waals surface area (Å²) in [6.07, 6.45) is 4.60. The van der Waals surface area contributed by atoms with E-state index in [-0.39, 0.29) is 23.9 Å². The zero-order valence-corrected chi connectivity index (χ0v) is 20.7. The number of carbonyl (C=O) groups is 2. The Kier molecular flexibility index (Phi) is 7.39. The first-order valence-corrected chi connectivity index (χ1v) is 12.2. The molecule has 2 unspecified atom stereocenters. The van der Waals surface area contributed by atoms with Gasteiger partial charge in [0.15, 0.2) is 0 Å². The Hall–Kier alpha value is -1.67. The van der Waals surface area contributed by atoms with Gasteiger partial charge in [-0.3, -0.25) is 9.48 Å². The molecule has 0 saturated carbocycles. The lowest BCUT2D eigenvalue weighted by atomic mass is 9.95. The Labute approximate surface area is 190 Å². The highest BCUT2D eigenvalue weighted by atomic mass is 79.9. The van der Waals surface area contributed by atoms with Gasteiger partial charge in [-0.15, -0.1) is 11.3 Å². The van der Waals surface area contributed by atoms with Crippen LogP contribution in [0.5, 0.6) is 0 Å². The molecule has 1 amide bonds. The molecule has 2 heterocycles. The third-order valence-corrected chi connectivity index (χ3v) is 8.04. The van der Waals surface area contributed by atoms with E-state index in [1.54, 1.807) is 0 Å². The predicted molar refractivity (Wildman–Crippen MR) is 123 cm³/mol. The molecular weight excluding hydrogens is 466 g/mol. The molecule has 1 aliphatic rings. The topological polar surface area (TPSA) is 73.2 Å². The van der Waals surface area contributed by atoms with Gasteiger partial charge in [-0.05, 0) is 74.4 Å². The maximum absolute atomic E-state index is 13.0. The second kappa shape index (κ2) is 9.64. The fraction of sp³-hybridized carbons (Fsp3) is 0.591. The van der Waals surface area contributed by atoms with E-state index in [2.05, 4.69) is 26.3 Å². The molecule has 8 heteroatoms. The van der Waals surface area contributed by atoms with Crippen molar-refractivity contribution in [3.05, 3.63) is 31.9 Å². The minimum Gasteiger partial charge on any atom is -0.459 e. The van der Waals surface area contributed by atoms with Gasteiger partial charge in [0, 0.05) is 10.6 Å². The molecular formula is C22H30BrN3O3S. The number of hydrogen-bond acceptors (Lipinski definition) is 5. The molecule has 2 aromatic heterocycles. The first-order chi connectivity index (χ1) is 14.2. The largest absolute Gasteiger partial charge is 0.459 e. The fourth-order valence-electron chi connectivity index (χ4n) is 3.63. The monoisotopic (exact) mass is 495 g/mol. The van der Waals surface area contributed by atoms with Crippen LogP contribution in [0.15, 0.2) is 4.47 Å². The van der Waals surface area contributed by atoms with Gasteiger partial charge in [-0.2, -0.15) is 5.10 Å². The molecule has 0 fully saturated rings. The van der Waals surface area contributed by atoms with Crippen LogP contribution in [-0.2, 0) is 28.9 Å². The molecule has 30 heavy (non-hydrogen) atoms. The first-order valence-electron chi connectivity index (χ1n) is 10.6. The molecule has 0 spiro atoms. The molecule has 1 N–H and O–H groups in total. The van der Waals surface area contributed by atoms with Gasteiger partial charge >= 0.3 is 5.97 Å². The van der Waals surface area contributed by atoms with Crippen LogP contribution < -0.4 is 5.32 Å². The Bertz CT molecular complexity index is 950. The molecule has 0 aromatic carbocycles. The van der Waals surface area contributed by atoms with Crippen LogP contribution in [0.4, 0.5) is 5.00 Å². The van der Waals surface area contributed by atoms with Crippen molar-refractivity contribution in [2.75, 3.05) is 5.32 Å². The number of hydrogen-bond donors (Lipinski definition) is 1. The third-order valence-electron chi connectivity index (χ3n) is 5.68. The van der Waals surface area contributed by atoms with Gasteiger partial charge in [0.2, 0.25) is 5.91 Å². The van der Waals surface area contributed by atoms with E-state index in [0.717, 1.165) is 53.5 Å². The van der Waals surface area contributed by atoms with Crippen molar-refractivity contribution in [3.8, 4) is 0 Å². The number of thiophene rings is 1. The molecule has 2 aromatic rings. The molecule has 1 aliphatic carbocycles. The van der Waals surface area contributed by atoms with Crippen LogP contribution >= 0.6 is 27.3 Å². The van der Waals surface area contributed by atoms with Gasteiger partial charge in [0.05, 0.1) is 34.3 Å². The van der Waals surface area contributed by atoms with Gasteiger partial charge in [0.25, 0.3) is 0 Å². The molecule has 0 aliphatic heterocycles. The molecule has 3 rings (SSSR count). The van der Waals surface area contributed by atoms with Crippen LogP contribution in [0.3, 0.4) is 0 Å². The molecule has 0 radical (unpaired) electrons. The highest BCUT2D eigenvalue weighted by Gasteiger charge is 2.29. The summed E-state index contributed by atoms with van der Waals surface area (Å²) in [6, 6.07) is 0. The SMILES string of the molecule is CCC(C)OC(=O)c1c(NC(=O)C(C)Cn2nc(C)c(Br)c2C)sc2c1CCCC2. The molecule has 2 atom stereocenters. The maximum atomic E-state index is 13.0. The average molecular weight is 496 g/mol. The van der Waals surface area contributed by atoms with E-state index in [9.17, 15) is 9.59 Å². The lowest BCUT2D eigenvalue weighted by Crippen LogP contribution is -2.26. The smallest absolute Gasteiger partial charge is 0.341 e. The number of esters is 1. The number of rotatable bonds is 7. The Morgan fingerprint density at radius 2 is 1.97 bits per heavy atom. The van der Waals surface area contributed by atoms with E-state index in [4.69, 9.17) is 4.74 Å². The van der Waals surface area contributed by atoms with Crippen LogP contribution in [0, 0.1) is 19.8 Å². The number of carbonyl (C=O) groups excluding carboxylic acids is 2. The van der Waals surface area contributed by atoms with E-state index in [1.807, 2.05) is 39.3 Å². The normalized spacial score (nSPS) is 15.4. The van der Waals surface area contributed by atoms with E-state index < -0.39 is 0 Å². The first kappa shape index (κ1) is 23.0. The molecule has 0 bridgehead atoms. The number of anilines is 1. The number of aromatic nitrogens is 2. The fourth-order valence-corrected chi connectivity index (χ4v) is 5.19. The number of ether oxygens (including phenoxy) is 1. The summed E-state index contributed by atoms with van der Waals surface area (Å²) in [6.45, 7) is 10.1. The summed E-state index contributed by atoms with van der Waals surface area (Å²) < 4.78 is 8.43. The lowest BCUT2D eigenvalue weighted by Gasteiger charge is -2.16. The number of amides is 1. The van der Waals surface area contributed by atoms with Crippen molar-refractivity contribution < 1.29 is 14.3 Å². The minimum absolute atomic E-state index is 0.116. The zero-order valence-electron chi connectivity index (χ0n) is 18.3. The van der Waals surface area contributed by atoms with Gasteiger partial charge in [-0.1, -0.05) is 13.8 Å². The number of fused-ring (bicyclic) bond motifs is 1. The standard InChI is InChI=1S/C22H30BrN3O3S/c1-6-13(3)29-22(28)18-16-9-7-8-10-17(16)30-21(18)24-20(27)12(2)11-26-15(5)19(23)14(4)25-26/h12-13H,6-11H2,1-5H3,(H,24,27). The lowest BCUT2D eigenvalue weighted by molar-refractivity contribution is -0.119. The van der Waals surface area contributed by atoms with Crippen molar-refractivity contribution in [1.82, 2.24) is 9.78 Å². The van der Waals surface area contributed by atoms with Gasteiger partial charge in [0.1, 0.15) is 5.00 Å². The average Bonchev–Trinajstić information content (AvgIpc) is 3.19. The molecule has 0 saturated heterocycles. The highest BCUT2D eigenvalue weighted by Crippen LogP contribution is 2.39.